The van der Waals surface area contributed by atoms with Gasteiger partial charge < -0.3 is 10.2 Å². The van der Waals surface area contributed by atoms with E-state index >= 15 is 0 Å². The van der Waals surface area contributed by atoms with Crippen molar-refractivity contribution < 1.29 is 4.42 Å². The van der Waals surface area contributed by atoms with Crippen LogP contribution in [0.3, 0.4) is 0 Å². The first-order valence-corrected chi connectivity index (χ1v) is 5.40. The van der Waals surface area contributed by atoms with Crippen LogP contribution in [0.2, 0.25) is 0 Å². The highest BCUT2D eigenvalue weighted by atomic mass is 16.3. The molecule has 0 aliphatic carbocycles. The first-order valence-electron chi connectivity index (χ1n) is 5.40. The Morgan fingerprint density at radius 2 is 2.18 bits per heavy atom. The molecule has 0 radical (unpaired) electrons. The molecule has 0 atom stereocenters. The SMILES string of the molecule is NCc1c(Cn2cncn2)oc2ccccc12. The van der Waals surface area contributed by atoms with Gasteiger partial charge in [0.2, 0.25) is 0 Å². The molecule has 2 aromatic heterocycles. The Kier molecular flexibility index (Phi) is 2.38. The molecule has 3 aromatic rings. The second-order valence-corrected chi connectivity index (χ2v) is 3.80. The Morgan fingerprint density at radius 3 is 2.94 bits per heavy atom. The van der Waals surface area contributed by atoms with Crippen molar-refractivity contribution in [1.29, 1.82) is 0 Å². The Hall–Kier alpha value is -2.14. The zero-order valence-electron chi connectivity index (χ0n) is 9.21. The number of rotatable bonds is 3. The Bertz CT molecular complexity index is 627. The molecule has 17 heavy (non-hydrogen) atoms. The molecule has 5 nitrogen and oxygen atoms in total. The van der Waals surface area contributed by atoms with Crippen LogP contribution in [0.4, 0.5) is 0 Å². The van der Waals surface area contributed by atoms with E-state index in [-0.39, 0.29) is 0 Å². The molecule has 2 heterocycles. The minimum absolute atomic E-state index is 0.459. The van der Waals surface area contributed by atoms with Crippen LogP contribution in [0.15, 0.2) is 41.3 Å². The highest BCUT2D eigenvalue weighted by Crippen LogP contribution is 2.25. The summed E-state index contributed by atoms with van der Waals surface area (Å²) < 4.78 is 7.51. The zero-order chi connectivity index (χ0) is 11.7. The fraction of sp³-hybridized carbons (Fsp3) is 0.167. The maximum absolute atomic E-state index is 5.79. The molecular weight excluding hydrogens is 216 g/mol. The third-order valence-electron chi connectivity index (χ3n) is 2.76. The van der Waals surface area contributed by atoms with Gasteiger partial charge in [0, 0.05) is 17.5 Å². The van der Waals surface area contributed by atoms with Gasteiger partial charge in [-0.3, -0.25) is 0 Å². The van der Waals surface area contributed by atoms with Crippen molar-refractivity contribution in [2.24, 2.45) is 5.73 Å². The summed E-state index contributed by atoms with van der Waals surface area (Å²) in [5.74, 6) is 0.846. The second-order valence-electron chi connectivity index (χ2n) is 3.80. The Labute approximate surface area is 97.9 Å². The van der Waals surface area contributed by atoms with Gasteiger partial charge in [-0.1, -0.05) is 18.2 Å². The molecule has 2 N–H and O–H groups in total. The smallest absolute Gasteiger partial charge is 0.137 e. The molecule has 1 aromatic carbocycles. The van der Waals surface area contributed by atoms with E-state index in [4.69, 9.17) is 10.2 Å². The summed E-state index contributed by atoms with van der Waals surface area (Å²) in [4.78, 5) is 3.91. The first-order chi connectivity index (χ1) is 8.38. The predicted molar refractivity (Wildman–Crippen MR) is 63.2 cm³/mol. The van der Waals surface area contributed by atoms with Gasteiger partial charge in [0.05, 0.1) is 0 Å². The van der Waals surface area contributed by atoms with Crippen molar-refractivity contribution in [2.75, 3.05) is 0 Å². The number of aromatic nitrogens is 3. The van der Waals surface area contributed by atoms with E-state index in [9.17, 15) is 0 Å². The van der Waals surface area contributed by atoms with Gasteiger partial charge >= 0.3 is 0 Å². The lowest BCUT2D eigenvalue weighted by molar-refractivity contribution is 0.503. The fourth-order valence-electron chi connectivity index (χ4n) is 1.96. The van der Waals surface area contributed by atoms with Crippen molar-refractivity contribution in [1.82, 2.24) is 14.8 Å². The van der Waals surface area contributed by atoms with Gasteiger partial charge in [0.1, 0.15) is 30.5 Å². The van der Waals surface area contributed by atoms with Crippen LogP contribution in [0.5, 0.6) is 0 Å². The average Bonchev–Trinajstić information content (AvgIpc) is 2.96. The lowest BCUT2D eigenvalue weighted by Crippen LogP contribution is -2.04. The number of nitrogens with two attached hydrogens (primary N) is 1. The van der Waals surface area contributed by atoms with E-state index in [1.54, 1.807) is 11.0 Å². The molecule has 0 spiro atoms. The van der Waals surface area contributed by atoms with E-state index < -0.39 is 0 Å². The van der Waals surface area contributed by atoms with Crippen LogP contribution in [-0.4, -0.2) is 14.8 Å². The molecule has 0 aliphatic heterocycles. The second kappa shape index (κ2) is 4.03. The third-order valence-corrected chi connectivity index (χ3v) is 2.76. The molecule has 5 heteroatoms. The monoisotopic (exact) mass is 228 g/mol. The third kappa shape index (κ3) is 1.70. The molecule has 0 amide bonds. The minimum atomic E-state index is 0.459. The summed E-state index contributed by atoms with van der Waals surface area (Å²) in [6.07, 6.45) is 3.16. The van der Waals surface area contributed by atoms with Gasteiger partial charge in [-0.15, -0.1) is 0 Å². The molecule has 0 saturated carbocycles. The molecule has 3 rings (SSSR count). The Morgan fingerprint density at radius 1 is 1.29 bits per heavy atom. The zero-order valence-corrected chi connectivity index (χ0v) is 9.21. The van der Waals surface area contributed by atoms with Crippen molar-refractivity contribution in [3.8, 4) is 0 Å². The van der Waals surface area contributed by atoms with Gasteiger partial charge in [-0.25, -0.2) is 9.67 Å². The van der Waals surface area contributed by atoms with Crippen molar-refractivity contribution >= 4 is 11.0 Å². The standard InChI is InChI=1S/C12H12N4O/c13-5-10-9-3-1-2-4-11(9)17-12(10)6-16-8-14-7-15-16/h1-4,7-8H,5-6,13H2. The van der Waals surface area contributed by atoms with E-state index in [2.05, 4.69) is 10.1 Å². The lowest BCUT2D eigenvalue weighted by atomic mass is 10.1. The summed E-state index contributed by atoms with van der Waals surface area (Å²) in [5.41, 5.74) is 7.69. The molecule has 0 bridgehead atoms. The fourth-order valence-corrected chi connectivity index (χ4v) is 1.96. The van der Waals surface area contributed by atoms with Crippen LogP contribution in [0, 0.1) is 0 Å². The highest BCUT2D eigenvalue weighted by Gasteiger charge is 2.12. The summed E-state index contributed by atoms with van der Waals surface area (Å²) >= 11 is 0. The van der Waals surface area contributed by atoms with Gasteiger partial charge in [0.15, 0.2) is 0 Å². The molecule has 86 valence electrons. The van der Waals surface area contributed by atoms with E-state index in [0.29, 0.717) is 13.1 Å². The summed E-state index contributed by atoms with van der Waals surface area (Å²) in [7, 11) is 0. The normalized spacial score (nSPS) is 11.1. The van der Waals surface area contributed by atoms with Crippen molar-refractivity contribution in [2.45, 2.75) is 13.1 Å². The molecule has 0 fully saturated rings. The number of furan rings is 1. The summed E-state index contributed by atoms with van der Waals surface area (Å²) in [5, 5.41) is 5.14. The van der Waals surface area contributed by atoms with E-state index in [0.717, 1.165) is 22.3 Å². The van der Waals surface area contributed by atoms with Crippen LogP contribution >= 0.6 is 0 Å². The largest absolute Gasteiger partial charge is 0.459 e. The van der Waals surface area contributed by atoms with Gasteiger partial charge in [-0.2, -0.15) is 5.10 Å². The predicted octanol–water partition coefficient (Wildman–Crippen LogP) is 1.53. The van der Waals surface area contributed by atoms with Gasteiger partial charge in [-0.05, 0) is 6.07 Å². The molecule has 0 saturated heterocycles. The van der Waals surface area contributed by atoms with Crippen molar-refractivity contribution in [3.05, 3.63) is 48.2 Å². The van der Waals surface area contributed by atoms with E-state index in [1.165, 1.54) is 6.33 Å². The molecule has 0 aliphatic rings. The van der Waals surface area contributed by atoms with Crippen LogP contribution in [0.1, 0.15) is 11.3 Å². The molecule has 0 unspecified atom stereocenters. The number of hydrogen-bond acceptors (Lipinski definition) is 4. The number of para-hydroxylation sites is 1. The number of benzene rings is 1. The molecular formula is C12H12N4O. The van der Waals surface area contributed by atoms with Gasteiger partial charge in [0.25, 0.3) is 0 Å². The number of nitrogens with zero attached hydrogens (tertiary/aromatic N) is 3. The van der Waals surface area contributed by atoms with Crippen LogP contribution < -0.4 is 5.73 Å². The van der Waals surface area contributed by atoms with Crippen LogP contribution in [-0.2, 0) is 13.1 Å². The summed E-state index contributed by atoms with van der Waals surface area (Å²) in [6, 6.07) is 7.90. The van der Waals surface area contributed by atoms with Crippen LogP contribution in [0.25, 0.3) is 11.0 Å². The van der Waals surface area contributed by atoms with Crippen molar-refractivity contribution in [3.63, 3.8) is 0 Å². The Balaban J connectivity index is 2.09. The highest BCUT2D eigenvalue weighted by molar-refractivity contribution is 5.82. The average molecular weight is 228 g/mol. The topological polar surface area (TPSA) is 69.9 Å². The quantitative estimate of drug-likeness (QED) is 0.738. The first kappa shape index (κ1) is 10.0. The summed E-state index contributed by atoms with van der Waals surface area (Å²) in [6.45, 7) is 1.02. The van der Waals surface area contributed by atoms with E-state index in [1.807, 2.05) is 24.3 Å². The number of hydrogen-bond donors (Lipinski definition) is 1. The number of fused-ring (bicyclic) bond motifs is 1. The maximum Gasteiger partial charge on any atom is 0.137 e. The maximum atomic E-state index is 5.79. The minimum Gasteiger partial charge on any atom is -0.459 e. The lowest BCUT2D eigenvalue weighted by Gasteiger charge is -1.99.